The quantitative estimate of drug-likeness (QED) is 0.491. The minimum atomic E-state index is -1.88. The van der Waals surface area contributed by atoms with Gasteiger partial charge in [-0.05, 0) is 78.6 Å². The van der Waals surface area contributed by atoms with Gasteiger partial charge in [-0.1, -0.05) is 46.3 Å². The Morgan fingerprint density at radius 2 is 1.72 bits per heavy atom. The Kier molecular flexibility index (Phi) is 4.58. The van der Waals surface area contributed by atoms with Crippen molar-refractivity contribution in [2.45, 2.75) is 85.4 Å². The third-order valence-electron chi connectivity index (χ3n) is 11.1. The minimum Gasteiger partial charge on any atom is -0.423 e. The Bertz CT molecular complexity index is 946. The number of Topliss-reactive ketones (excluding diaryl/α,β-unsaturated/α-hetero) is 1. The predicted molar refractivity (Wildman–Crippen MR) is 120 cm³/mol. The topological polar surface area (TPSA) is 83.8 Å². The summed E-state index contributed by atoms with van der Waals surface area (Å²) in [5.41, 5.74) is 1.80. The molecule has 5 aliphatic rings. The van der Waals surface area contributed by atoms with Gasteiger partial charge in [-0.25, -0.2) is 4.79 Å². The molecule has 0 aromatic carbocycles. The minimum absolute atomic E-state index is 0.0114. The summed E-state index contributed by atoms with van der Waals surface area (Å²) in [6.07, 6.45) is 10.5. The molecule has 0 saturated heterocycles. The molecule has 3 fully saturated rings. The molecule has 0 radical (unpaired) electrons. The zero-order valence-electron chi connectivity index (χ0n) is 20.2. The van der Waals surface area contributed by atoms with Crippen LogP contribution in [0.25, 0.3) is 0 Å². The molecule has 1 aliphatic heterocycles. The highest BCUT2D eigenvalue weighted by atomic mass is 16.7. The molecule has 4 aliphatic carbocycles. The summed E-state index contributed by atoms with van der Waals surface area (Å²) in [6, 6.07) is 0. The number of esters is 1. The summed E-state index contributed by atoms with van der Waals surface area (Å²) in [7, 11) is 0. The van der Waals surface area contributed by atoms with Crippen LogP contribution in [0, 0.1) is 39.4 Å². The second-order valence-corrected chi connectivity index (χ2v) is 12.5. The summed E-state index contributed by atoms with van der Waals surface area (Å²) < 4.78 is 5.13. The highest BCUT2D eigenvalue weighted by molar-refractivity contribution is 5.92. The molecule has 0 unspecified atom stereocenters. The zero-order valence-corrected chi connectivity index (χ0v) is 20.2. The van der Waals surface area contributed by atoms with Gasteiger partial charge in [0.05, 0.1) is 0 Å². The van der Waals surface area contributed by atoms with E-state index in [4.69, 9.17) is 4.74 Å². The molecule has 1 heterocycles. The van der Waals surface area contributed by atoms with Crippen molar-refractivity contribution in [2.75, 3.05) is 6.61 Å². The second-order valence-electron chi connectivity index (χ2n) is 12.5. The van der Waals surface area contributed by atoms with Crippen molar-refractivity contribution < 1.29 is 24.5 Å². The highest BCUT2D eigenvalue weighted by Gasteiger charge is 2.66. The van der Waals surface area contributed by atoms with Crippen LogP contribution in [0.2, 0.25) is 0 Å². The van der Waals surface area contributed by atoms with E-state index in [-0.39, 0.29) is 27.6 Å². The Balaban J connectivity index is 1.54. The molecule has 0 spiro atoms. The predicted octanol–water partition coefficient (Wildman–Crippen LogP) is 4.32. The van der Waals surface area contributed by atoms with Crippen LogP contribution in [0.4, 0.5) is 0 Å². The summed E-state index contributed by atoms with van der Waals surface area (Å²) in [6.45, 7) is 10.8. The van der Waals surface area contributed by atoms with E-state index in [0.29, 0.717) is 29.6 Å². The first-order valence-corrected chi connectivity index (χ1v) is 12.4. The van der Waals surface area contributed by atoms with Crippen molar-refractivity contribution in [1.29, 1.82) is 0 Å². The Morgan fingerprint density at radius 1 is 1.03 bits per heavy atom. The van der Waals surface area contributed by atoms with E-state index in [0.717, 1.165) is 38.5 Å². The first-order valence-electron chi connectivity index (χ1n) is 12.4. The second kappa shape index (κ2) is 6.56. The Morgan fingerprint density at radius 3 is 2.38 bits per heavy atom. The van der Waals surface area contributed by atoms with Crippen LogP contribution >= 0.6 is 0 Å². The maximum absolute atomic E-state index is 12.8. The van der Waals surface area contributed by atoms with Gasteiger partial charge in [-0.2, -0.15) is 0 Å². The highest BCUT2D eigenvalue weighted by Crippen LogP contribution is 2.73. The molecule has 0 aromatic heterocycles. The van der Waals surface area contributed by atoms with Crippen LogP contribution in [-0.2, 0) is 14.3 Å². The first kappa shape index (κ1) is 22.3. The molecule has 3 saturated carbocycles. The fourth-order valence-corrected chi connectivity index (χ4v) is 8.88. The van der Waals surface area contributed by atoms with E-state index in [1.165, 1.54) is 6.08 Å². The summed E-state index contributed by atoms with van der Waals surface area (Å²) >= 11 is 0. The van der Waals surface area contributed by atoms with Gasteiger partial charge in [0.25, 0.3) is 5.79 Å². The third kappa shape index (κ3) is 2.58. The normalized spacial score (nSPS) is 49.5. The average molecular weight is 443 g/mol. The number of carbonyl (C=O) groups is 2. The number of aliphatic hydroxyl groups excluding tert-OH is 1. The molecule has 32 heavy (non-hydrogen) atoms. The number of hydrogen-bond acceptors (Lipinski definition) is 5. The molecular formula is C27H38O5. The van der Waals surface area contributed by atoms with E-state index in [1.54, 1.807) is 5.57 Å². The van der Waals surface area contributed by atoms with Gasteiger partial charge < -0.3 is 14.9 Å². The summed E-state index contributed by atoms with van der Waals surface area (Å²) in [4.78, 5) is 25.4. The first-order chi connectivity index (χ1) is 14.8. The summed E-state index contributed by atoms with van der Waals surface area (Å²) in [5, 5.41) is 19.9. The van der Waals surface area contributed by atoms with Gasteiger partial charge in [0.1, 0.15) is 12.4 Å². The van der Waals surface area contributed by atoms with Gasteiger partial charge in [-0.15, -0.1) is 0 Å². The molecule has 2 N–H and O–H groups in total. The van der Waals surface area contributed by atoms with Crippen molar-refractivity contribution in [3.8, 4) is 0 Å². The molecule has 5 rings (SSSR count). The number of carbonyl (C=O) groups excluding carboxylic acids is 2. The van der Waals surface area contributed by atoms with E-state index in [9.17, 15) is 19.8 Å². The van der Waals surface area contributed by atoms with Crippen molar-refractivity contribution in [3.05, 3.63) is 23.3 Å². The number of cyclic esters (lactones) is 1. The number of rotatable bonds is 2. The van der Waals surface area contributed by atoms with Crippen LogP contribution in [0.15, 0.2) is 23.3 Å². The Hall–Kier alpha value is -1.46. The molecular weight excluding hydrogens is 404 g/mol. The number of aliphatic hydroxyl groups is 2. The SMILES string of the molecule is CC1(C)C(=O)CC[C@]2(C)[C@H]3CC[C@@]4(C)[C@H](C5=C[C@@](O)(CO)OC5=O)CC[C@]4(C)C3=CC[C@@H]12. The van der Waals surface area contributed by atoms with E-state index < -0.39 is 18.4 Å². The monoisotopic (exact) mass is 442 g/mol. The van der Waals surface area contributed by atoms with E-state index >= 15 is 0 Å². The smallest absolute Gasteiger partial charge is 0.337 e. The average Bonchev–Trinajstić information content (AvgIpc) is 3.18. The molecule has 176 valence electrons. The number of ketones is 1. The third-order valence-corrected chi connectivity index (χ3v) is 11.1. The zero-order chi connectivity index (χ0) is 23.3. The van der Waals surface area contributed by atoms with E-state index in [1.807, 2.05) is 0 Å². The molecule has 0 amide bonds. The van der Waals surface area contributed by atoms with Crippen LogP contribution < -0.4 is 0 Å². The fraction of sp³-hybridized carbons (Fsp3) is 0.778. The molecule has 0 aromatic rings. The lowest BCUT2D eigenvalue weighted by atomic mass is 9.41. The molecule has 7 atom stereocenters. The Labute approximate surface area is 191 Å². The standard InChI is InChI=1S/C27H38O5/c1-23(2)20-7-6-19-18(24(20,3)11-10-21(23)29)9-13-25(4)17(8-12-26(19,25)5)16-14-27(31,15-28)32-22(16)30/h6,14,17-18,20,28,31H,7-13,15H2,1-5H3/t17-,18-,20-,24+,25-,26+,27-/m0/s1. The van der Waals surface area contributed by atoms with Crippen LogP contribution in [0.1, 0.15) is 79.6 Å². The number of allylic oxidation sites excluding steroid dienone is 2. The van der Waals surface area contributed by atoms with Crippen molar-refractivity contribution in [1.82, 2.24) is 0 Å². The summed E-state index contributed by atoms with van der Waals surface area (Å²) in [5.74, 6) is -1.10. The van der Waals surface area contributed by atoms with Crippen molar-refractivity contribution in [2.24, 2.45) is 39.4 Å². The maximum Gasteiger partial charge on any atom is 0.337 e. The van der Waals surface area contributed by atoms with E-state index in [2.05, 4.69) is 40.7 Å². The van der Waals surface area contributed by atoms with Gasteiger partial charge in [0.2, 0.25) is 0 Å². The van der Waals surface area contributed by atoms with Gasteiger partial charge in [-0.3, -0.25) is 4.79 Å². The largest absolute Gasteiger partial charge is 0.423 e. The van der Waals surface area contributed by atoms with Gasteiger partial charge in [0.15, 0.2) is 0 Å². The molecule has 5 nitrogen and oxygen atoms in total. The van der Waals surface area contributed by atoms with Crippen LogP contribution in [0.3, 0.4) is 0 Å². The van der Waals surface area contributed by atoms with Gasteiger partial charge in [0, 0.05) is 17.4 Å². The van der Waals surface area contributed by atoms with Crippen LogP contribution in [-0.4, -0.2) is 34.4 Å². The number of hydrogen-bond donors (Lipinski definition) is 2. The van der Waals surface area contributed by atoms with Crippen molar-refractivity contribution >= 4 is 11.8 Å². The van der Waals surface area contributed by atoms with Crippen molar-refractivity contribution in [3.63, 3.8) is 0 Å². The lowest BCUT2D eigenvalue weighted by molar-refractivity contribution is -0.189. The maximum atomic E-state index is 12.8. The fourth-order valence-electron chi connectivity index (χ4n) is 8.88. The molecule has 0 bridgehead atoms. The lowest BCUT2D eigenvalue weighted by Crippen LogP contribution is -2.57. The molecule has 5 heteroatoms. The van der Waals surface area contributed by atoms with Crippen LogP contribution in [0.5, 0.6) is 0 Å². The lowest BCUT2D eigenvalue weighted by Gasteiger charge is -2.63. The van der Waals surface area contributed by atoms with Gasteiger partial charge >= 0.3 is 5.97 Å². The number of fused-ring (bicyclic) bond motifs is 5. The number of ether oxygens (including phenoxy) is 1.